The van der Waals surface area contributed by atoms with Gasteiger partial charge in [-0.05, 0) is 6.07 Å². The van der Waals surface area contributed by atoms with Gasteiger partial charge in [-0.3, -0.25) is 14.9 Å². The van der Waals surface area contributed by atoms with Gasteiger partial charge < -0.3 is 17.0 Å². The van der Waals surface area contributed by atoms with Crippen LogP contribution in [0.5, 0.6) is 0 Å². The first-order chi connectivity index (χ1) is 10.1. The number of nitro benzene ring substituents is 1. The highest BCUT2D eigenvalue weighted by atomic mass is 79.9. The minimum absolute atomic E-state index is 0. The number of nitrogens with zero attached hydrogens (tertiary/aromatic N) is 2. The maximum Gasteiger partial charge on any atom is 0.270 e. The molecule has 0 spiro atoms. The lowest BCUT2D eigenvalue weighted by molar-refractivity contribution is -0.652. The second-order valence-corrected chi connectivity index (χ2v) is 5.44. The molecule has 0 atom stereocenters. The van der Waals surface area contributed by atoms with E-state index in [1.54, 1.807) is 17.4 Å². The van der Waals surface area contributed by atoms with Gasteiger partial charge in [-0.25, -0.2) is 0 Å². The van der Waals surface area contributed by atoms with Crippen molar-refractivity contribution < 1.29 is 31.3 Å². The van der Waals surface area contributed by atoms with E-state index in [9.17, 15) is 14.9 Å². The van der Waals surface area contributed by atoms with Crippen LogP contribution in [0.1, 0.15) is 10.4 Å². The summed E-state index contributed by atoms with van der Waals surface area (Å²) < 4.78 is 2.96. The molecule has 1 aromatic heterocycles. The first-order valence-corrected chi connectivity index (χ1v) is 7.16. The van der Waals surface area contributed by atoms with Crippen LogP contribution in [0.25, 0.3) is 10.2 Å². The molecule has 7 heteroatoms. The van der Waals surface area contributed by atoms with E-state index >= 15 is 0 Å². The predicted octanol–water partition coefficient (Wildman–Crippen LogP) is -0.0161. The Bertz CT molecular complexity index is 847. The molecule has 112 valence electrons. The van der Waals surface area contributed by atoms with Crippen molar-refractivity contribution in [2.75, 3.05) is 0 Å². The zero-order valence-electron chi connectivity index (χ0n) is 11.3. The SMILES string of the molecule is O=C(C[n+]1csc2ccccc21)c1cccc([N+](=O)[O-])c1.[Br-]. The summed E-state index contributed by atoms with van der Waals surface area (Å²) in [5, 5.41) is 10.8. The lowest BCUT2D eigenvalue weighted by Gasteiger charge is -1.98. The van der Waals surface area contributed by atoms with Gasteiger partial charge in [-0.1, -0.05) is 35.6 Å². The lowest BCUT2D eigenvalue weighted by Crippen LogP contribution is -3.00. The molecule has 5 nitrogen and oxygen atoms in total. The number of rotatable bonds is 4. The number of nitro groups is 1. The van der Waals surface area contributed by atoms with Gasteiger partial charge in [0.15, 0.2) is 0 Å². The van der Waals surface area contributed by atoms with E-state index in [0.29, 0.717) is 5.56 Å². The van der Waals surface area contributed by atoms with Gasteiger partial charge in [0.2, 0.25) is 23.4 Å². The van der Waals surface area contributed by atoms with Gasteiger partial charge in [0, 0.05) is 23.8 Å². The normalized spacial score (nSPS) is 10.2. The molecule has 0 bridgehead atoms. The van der Waals surface area contributed by atoms with Crippen molar-refractivity contribution in [1.82, 2.24) is 0 Å². The van der Waals surface area contributed by atoms with Crippen LogP contribution in [-0.2, 0) is 6.54 Å². The number of benzene rings is 2. The Morgan fingerprint density at radius 1 is 1.18 bits per heavy atom. The van der Waals surface area contributed by atoms with Crippen molar-refractivity contribution in [3.8, 4) is 0 Å². The monoisotopic (exact) mass is 378 g/mol. The summed E-state index contributed by atoms with van der Waals surface area (Å²) >= 11 is 1.56. The van der Waals surface area contributed by atoms with E-state index in [1.807, 2.05) is 34.3 Å². The zero-order chi connectivity index (χ0) is 14.8. The summed E-state index contributed by atoms with van der Waals surface area (Å²) in [5.41, 5.74) is 3.16. The van der Waals surface area contributed by atoms with Crippen molar-refractivity contribution in [2.45, 2.75) is 6.54 Å². The van der Waals surface area contributed by atoms with Crippen LogP contribution in [0.3, 0.4) is 0 Å². The van der Waals surface area contributed by atoms with E-state index in [4.69, 9.17) is 0 Å². The Hall–Kier alpha value is -2.12. The van der Waals surface area contributed by atoms with Crippen molar-refractivity contribution in [3.63, 3.8) is 0 Å². The third kappa shape index (κ3) is 3.20. The van der Waals surface area contributed by atoms with Crippen LogP contribution in [-0.4, -0.2) is 10.7 Å². The largest absolute Gasteiger partial charge is 1.00 e. The second kappa shape index (κ2) is 6.76. The Kier molecular flexibility index (Phi) is 4.99. The molecule has 0 aliphatic rings. The zero-order valence-corrected chi connectivity index (χ0v) is 13.7. The van der Waals surface area contributed by atoms with Crippen molar-refractivity contribution >= 4 is 33.0 Å². The third-order valence-electron chi connectivity index (χ3n) is 3.17. The number of non-ortho nitro benzene ring substituents is 1. The van der Waals surface area contributed by atoms with Gasteiger partial charge >= 0.3 is 0 Å². The molecule has 0 unspecified atom stereocenters. The molecule has 2 aromatic carbocycles. The summed E-state index contributed by atoms with van der Waals surface area (Å²) in [6, 6.07) is 13.6. The summed E-state index contributed by atoms with van der Waals surface area (Å²) in [6.45, 7) is 0.172. The van der Waals surface area contributed by atoms with Gasteiger partial charge in [-0.15, -0.1) is 0 Å². The van der Waals surface area contributed by atoms with Crippen LogP contribution in [0, 0.1) is 10.1 Å². The van der Waals surface area contributed by atoms with Crippen LogP contribution >= 0.6 is 11.3 Å². The average Bonchev–Trinajstić information content (AvgIpc) is 2.91. The molecule has 0 amide bonds. The van der Waals surface area contributed by atoms with Crippen LogP contribution in [0.2, 0.25) is 0 Å². The number of aromatic nitrogens is 1. The highest BCUT2D eigenvalue weighted by molar-refractivity contribution is 7.16. The Morgan fingerprint density at radius 3 is 2.73 bits per heavy atom. The van der Waals surface area contributed by atoms with E-state index in [0.717, 1.165) is 10.2 Å². The Balaban J connectivity index is 0.00000176. The summed E-state index contributed by atoms with van der Waals surface area (Å²) in [5.74, 6) is -0.146. The number of thiazole rings is 1. The number of carbonyl (C=O) groups excluding carboxylic acids is 1. The van der Waals surface area contributed by atoms with Crippen LogP contribution in [0.4, 0.5) is 5.69 Å². The maximum atomic E-state index is 12.3. The average molecular weight is 379 g/mol. The molecule has 0 radical (unpaired) electrons. The number of para-hydroxylation sites is 1. The minimum atomic E-state index is -0.496. The Morgan fingerprint density at radius 2 is 1.95 bits per heavy atom. The predicted molar refractivity (Wildman–Crippen MR) is 79.4 cm³/mol. The van der Waals surface area contributed by atoms with E-state index in [-0.39, 0.29) is 35.0 Å². The molecule has 1 heterocycles. The molecular weight excluding hydrogens is 368 g/mol. The fourth-order valence-electron chi connectivity index (χ4n) is 2.13. The number of Topliss-reactive ketones (excluding diaryl/α,β-unsaturated/α-hetero) is 1. The summed E-state index contributed by atoms with van der Waals surface area (Å²) in [4.78, 5) is 22.6. The molecular formula is C15H11BrN2O3S. The Labute approximate surface area is 140 Å². The highest BCUT2D eigenvalue weighted by Crippen LogP contribution is 2.16. The minimum Gasteiger partial charge on any atom is -1.00 e. The van der Waals surface area contributed by atoms with E-state index < -0.39 is 4.92 Å². The number of fused-ring (bicyclic) bond motifs is 1. The molecule has 0 saturated carbocycles. The summed E-state index contributed by atoms with van der Waals surface area (Å²) in [7, 11) is 0. The van der Waals surface area contributed by atoms with Gasteiger partial charge in [0.05, 0.1) is 4.92 Å². The molecule has 0 saturated heterocycles. The molecule has 22 heavy (non-hydrogen) atoms. The third-order valence-corrected chi connectivity index (χ3v) is 4.13. The number of hydrogen-bond donors (Lipinski definition) is 0. The van der Waals surface area contributed by atoms with E-state index in [1.165, 1.54) is 18.2 Å². The molecule has 0 N–H and O–H groups in total. The van der Waals surface area contributed by atoms with Gasteiger partial charge in [0.1, 0.15) is 4.70 Å². The van der Waals surface area contributed by atoms with Crippen molar-refractivity contribution in [1.29, 1.82) is 0 Å². The standard InChI is InChI=1S/C15H11N2O3S.BrH/c18-14(11-4-3-5-12(8-11)17(19)20)9-16-10-21-15-7-2-1-6-13(15)16;/h1-8,10H,9H2;1H/q+1;/p-1. The van der Waals surface area contributed by atoms with Crippen LogP contribution < -0.4 is 21.5 Å². The highest BCUT2D eigenvalue weighted by Gasteiger charge is 2.18. The number of hydrogen-bond acceptors (Lipinski definition) is 4. The van der Waals surface area contributed by atoms with Crippen LogP contribution in [0.15, 0.2) is 54.0 Å². The molecule has 0 aliphatic heterocycles. The van der Waals surface area contributed by atoms with E-state index in [2.05, 4.69) is 0 Å². The molecule has 0 fully saturated rings. The molecule has 0 aliphatic carbocycles. The lowest BCUT2D eigenvalue weighted by atomic mass is 10.1. The van der Waals surface area contributed by atoms with Gasteiger partial charge in [-0.2, -0.15) is 4.57 Å². The molecule has 3 rings (SSSR count). The topological polar surface area (TPSA) is 64.1 Å². The fraction of sp³-hybridized carbons (Fsp3) is 0.0667. The summed E-state index contributed by atoms with van der Waals surface area (Å²) in [6.07, 6.45) is 0. The fourth-order valence-corrected chi connectivity index (χ4v) is 3.02. The first kappa shape index (κ1) is 16.3. The van der Waals surface area contributed by atoms with Crippen molar-refractivity contribution in [2.24, 2.45) is 0 Å². The number of carbonyl (C=O) groups is 1. The smallest absolute Gasteiger partial charge is 0.270 e. The second-order valence-electron chi connectivity index (χ2n) is 4.55. The molecule has 3 aromatic rings. The first-order valence-electron chi connectivity index (χ1n) is 6.28. The van der Waals surface area contributed by atoms with Crippen molar-refractivity contribution in [3.05, 3.63) is 69.7 Å². The number of ketones is 1. The maximum absolute atomic E-state index is 12.3. The van der Waals surface area contributed by atoms with Gasteiger partial charge in [0.25, 0.3) is 5.69 Å². The quantitative estimate of drug-likeness (QED) is 0.277. The number of halogens is 1.